The van der Waals surface area contributed by atoms with Crippen molar-refractivity contribution in [3.8, 4) is 34.1 Å². The van der Waals surface area contributed by atoms with Crippen LogP contribution in [0.1, 0.15) is 35.1 Å². The summed E-state index contributed by atoms with van der Waals surface area (Å²) in [5.74, 6) is 0.875. The quantitative estimate of drug-likeness (QED) is 0.165. The van der Waals surface area contributed by atoms with Crippen LogP contribution in [0, 0.1) is 0 Å². The first-order valence-electron chi connectivity index (χ1n) is 12.4. The van der Waals surface area contributed by atoms with Crippen LogP contribution in [0.15, 0.2) is 97.1 Å². The molecule has 0 bridgehead atoms. The number of hydrogen-bond acceptors (Lipinski definition) is 6. The first kappa shape index (κ1) is 25.5. The van der Waals surface area contributed by atoms with E-state index in [0.717, 1.165) is 39.1 Å². The number of carbonyl (C=O) groups is 2. The fraction of sp³-hybridized carbons (Fsp3) is 0.0909. The molecule has 0 aromatic heterocycles. The Morgan fingerprint density at radius 3 is 1.56 bits per heavy atom. The molecule has 0 amide bonds. The van der Waals surface area contributed by atoms with Crippen LogP contribution >= 0.6 is 0 Å². The van der Waals surface area contributed by atoms with E-state index in [2.05, 4.69) is 6.92 Å². The van der Waals surface area contributed by atoms with Crippen molar-refractivity contribution in [3.63, 3.8) is 0 Å². The maximum Gasteiger partial charge on any atom is 0.336 e. The SMILES string of the molecule is COc1ccc(/C=C/C(=O)Oc2ccc3c(c2)C(C)c2cc(OC(=O)/C=C/c4ccc(O)cc4)ccc2-3)cc1. The van der Waals surface area contributed by atoms with E-state index in [0.29, 0.717) is 11.5 Å². The third-order valence-corrected chi connectivity index (χ3v) is 6.54. The molecule has 0 saturated carbocycles. The van der Waals surface area contributed by atoms with Crippen LogP contribution in [0.2, 0.25) is 0 Å². The molecule has 1 aliphatic carbocycles. The molecule has 1 aliphatic rings. The van der Waals surface area contributed by atoms with Crippen molar-refractivity contribution in [2.45, 2.75) is 12.8 Å². The summed E-state index contributed by atoms with van der Waals surface area (Å²) in [6.07, 6.45) is 6.06. The monoisotopic (exact) mass is 518 g/mol. The third kappa shape index (κ3) is 5.91. The second-order valence-electron chi connectivity index (χ2n) is 9.09. The van der Waals surface area contributed by atoms with Gasteiger partial charge in [0.2, 0.25) is 0 Å². The van der Waals surface area contributed by atoms with Crippen molar-refractivity contribution in [1.82, 2.24) is 0 Å². The number of aromatic hydroxyl groups is 1. The number of benzene rings is 4. The largest absolute Gasteiger partial charge is 0.508 e. The Balaban J connectivity index is 1.25. The zero-order chi connectivity index (χ0) is 27.4. The van der Waals surface area contributed by atoms with Gasteiger partial charge in [-0.25, -0.2) is 9.59 Å². The lowest BCUT2D eigenvalue weighted by Gasteiger charge is -2.09. The number of methoxy groups -OCH3 is 1. The van der Waals surface area contributed by atoms with E-state index in [1.165, 1.54) is 12.2 Å². The number of rotatable bonds is 7. The van der Waals surface area contributed by atoms with Gasteiger partial charge in [0.15, 0.2) is 0 Å². The highest BCUT2D eigenvalue weighted by molar-refractivity contribution is 5.90. The molecule has 0 fully saturated rings. The molecule has 0 spiro atoms. The number of esters is 2. The van der Waals surface area contributed by atoms with Gasteiger partial charge < -0.3 is 19.3 Å². The molecule has 39 heavy (non-hydrogen) atoms. The minimum absolute atomic E-state index is 0.0229. The van der Waals surface area contributed by atoms with E-state index in [9.17, 15) is 14.7 Å². The standard InChI is InChI=1S/C33H26O6/c1-21-30-19-26(38-32(35)17-7-22-3-9-24(34)10-4-22)13-15-28(30)29-16-14-27(20-31(21)29)39-33(36)18-8-23-5-11-25(37-2)12-6-23/h3-21,34H,1-2H3/b17-7+,18-8+. The summed E-state index contributed by atoms with van der Waals surface area (Å²) in [5, 5.41) is 9.38. The molecular weight excluding hydrogens is 492 g/mol. The average Bonchev–Trinajstić information content (AvgIpc) is 3.22. The van der Waals surface area contributed by atoms with Gasteiger partial charge in [0.1, 0.15) is 23.0 Å². The highest BCUT2D eigenvalue weighted by atomic mass is 16.5. The van der Waals surface area contributed by atoms with Crippen LogP contribution in [-0.2, 0) is 9.59 Å². The minimum Gasteiger partial charge on any atom is -0.508 e. The fourth-order valence-corrected chi connectivity index (χ4v) is 4.51. The van der Waals surface area contributed by atoms with E-state index < -0.39 is 11.9 Å². The van der Waals surface area contributed by atoms with E-state index in [1.54, 1.807) is 55.7 Å². The van der Waals surface area contributed by atoms with Crippen LogP contribution in [0.4, 0.5) is 0 Å². The summed E-state index contributed by atoms with van der Waals surface area (Å²) in [5.41, 5.74) is 5.80. The molecule has 6 heteroatoms. The highest BCUT2D eigenvalue weighted by Gasteiger charge is 2.27. The Kier molecular flexibility index (Phi) is 7.28. The maximum atomic E-state index is 12.4. The summed E-state index contributed by atoms with van der Waals surface area (Å²) in [7, 11) is 1.60. The zero-order valence-corrected chi connectivity index (χ0v) is 21.5. The topological polar surface area (TPSA) is 82.1 Å². The second kappa shape index (κ2) is 11.1. The van der Waals surface area contributed by atoms with Crippen LogP contribution < -0.4 is 14.2 Å². The third-order valence-electron chi connectivity index (χ3n) is 6.54. The van der Waals surface area contributed by atoms with E-state index in [4.69, 9.17) is 14.2 Å². The van der Waals surface area contributed by atoms with Crippen LogP contribution in [0.3, 0.4) is 0 Å². The number of phenols is 1. The van der Waals surface area contributed by atoms with Gasteiger partial charge in [0, 0.05) is 18.1 Å². The Labute approximate surface area is 226 Å². The van der Waals surface area contributed by atoms with Crippen molar-refractivity contribution in [3.05, 3.63) is 119 Å². The average molecular weight is 519 g/mol. The van der Waals surface area contributed by atoms with Crippen molar-refractivity contribution in [1.29, 1.82) is 0 Å². The van der Waals surface area contributed by atoms with Gasteiger partial charge in [-0.15, -0.1) is 0 Å². The van der Waals surface area contributed by atoms with Crippen molar-refractivity contribution in [2.75, 3.05) is 7.11 Å². The molecule has 1 N–H and O–H groups in total. The normalized spacial score (nSPS) is 13.7. The summed E-state index contributed by atoms with van der Waals surface area (Å²) in [6.45, 7) is 2.07. The smallest absolute Gasteiger partial charge is 0.336 e. The van der Waals surface area contributed by atoms with Gasteiger partial charge >= 0.3 is 11.9 Å². The van der Waals surface area contributed by atoms with Gasteiger partial charge in [-0.2, -0.15) is 0 Å². The lowest BCUT2D eigenvalue weighted by Crippen LogP contribution is -2.04. The van der Waals surface area contributed by atoms with Crippen LogP contribution in [0.5, 0.6) is 23.0 Å². The number of fused-ring (bicyclic) bond motifs is 3. The number of ether oxygens (including phenoxy) is 3. The minimum atomic E-state index is -0.497. The number of hydrogen-bond donors (Lipinski definition) is 1. The Bertz CT molecular complexity index is 1580. The lowest BCUT2D eigenvalue weighted by molar-refractivity contribution is -0.129. The van der Waals surface area contributed by atoms with Gasteiger partial charge in [-0.1, -0.05) is 43.3 Å². The molecule has 0 saturated heterocycles. The molecule has 1 atom stereocenters. The van der Waals surface area contributed by atoms with Gasteiger partial charge in [0.25, 0.3) is 0 Å². The van der Waals surface area contributed by atoms with E-state index >= 15 is 0 Å². The Morgan fingerprint density at radius 1 is 0.667 bits per heavy atom. The van der Waals surface area contributed by atoms with Gasteiger partial charge in [-0.05, 0) is 94.1 Å². The molecule has 4 aromatic carbocycles. The Hall–Kier alpha value is -5.10. The highest BCUT2D eigenvalue weighted by Crippen LogP contribution is 2.47. The molecule has 1 unspecified atom stereocenters. The first-order valence-corrected chi connectivity index (χ1v) is 12.4. The summed E-state index contributed by atoms with van der Waals surface area (Å²) >= 11 is 0. The van der Waals surface area contributed by atoms with Crippen molar-refractivity contribution in [2.24, 2.45) is 0 Å². The first-order chi connectivity index (χ1) is 18.9. The molecule has 0 aliphatic heterocycles. The molecular formula is C33H26O6. The maximum absolute atomic E-state index is 12.4. The van der Waals surface area contributed by atoms with Gasteiger partial charge in [0.05, 0.1) is 7.11 Å². The second-order valence-corrected chi connectivity index (χ2v) is 9.09. The molecule has 6 nitrogen and oxygen atoms in total. The predicted molar refractivity (Wildman–Crippen MR) is 150 cm³/mol. The number of carbonyl (C=O) groups excluding carboxylic acids is 2. The number of phenolic OH excluding ortho intramolecular Hbond substituents is 1. The summed E-state index contributed by atoms with van der Waals surface area (Å²) in [4.78, 5) is 24.8. The van der Waals surface area contributed by atoms with Crippen LogP contribution in [0.25, 0.3) is 23.3 Å². The zero-order valence-electron chi connectivity index (χ0n) is 21.5. The van der Waals surface area contributed by atoms with E-state index in [-0.39, 0.29) is 11.7 Å². The fourth-order valence-electron chi connectivity index (χ4n) is 4.51. The molecule has 0 radical (unpaired) electrons. The molecule has 0 heterocycles. The van der Waals surface area contributed by atoms with Crippen molar-refractivity contribution < 1.29 is 28.9 Å². The van der Waals surface area contributed by atoms with Crippen LogP contribution in [-0.4, -0.2) is 24.2 Å². The van der Waals surface area contributed by atoms with E-state index in [1.807, 2.05) is 48.5 Å². The summed E-state index contributed by atoms with van der Waals surface area (Å²) < 4.78 is 16.2. The molecule has 5 rings (SSSR count). The Morgan fingerprint density at radius 2 is 1.10 bits per heavy atom. The lowest BCUT2D eigenvalue weighted by atomic mass is 9.99. The van der Waals surface area contributed by atoms with Crippen molar-refractivity contribution >= 4 is 24.1 Å². The molecule has 4 aromatic rings. The predicted octanol–water partition coefficient (Wildman–Crippen LogP) is 6.77. The summed E-state index contributed by atoms with van der Waals surface area (Å²) in [6, 6.07) is 25.1. The van der Waals surface area contributed by atoms with Gasteiger partial charge in [-0.3, -0.25) is 0 Å². The molecule has 194 valence electrons.